The topological polar surface area (TPSA) is 41.5 Å². The highest BCUT2D eigenvalue weighted by atomic mass is 16.5. The van der Waals surface area contributed by atoms with E-state index in [0.29, 0.717) is 0 Å². The van der Waals surface area contributed by atoms with Crippen molar-refractivity contribution in [1.29, 1.82) is 0 Å². The number of hydrogen-bond donors (Lipinski definition) is 2. The van der Waals surface area contributed by atoms with Gasteiger partial charge in [0.25, 0.3) is 0 Å². The summed E-state index contributed by atoms with van der Waals surface area (Å²) in [5, 5.41) is 12.0. The van der Waals surface area contributed by atoms with E-state index in [9.17, 15) is 0 Å². The Kier molecular flexibility index (Phi) is 2.65. The van der Waals surface area contributed by atoms with E-state index in [4.69, 9.17) is 9.84 Å². The van der Waals surface area contributed by atoms with Crippen LogP contribution < -0.4 is 5.32 Å². The molecule has 0 unspecified atom stereocenters. The number of aliphatic hydroxyl groups is 1. The van der Waals surface area contributed by atoms with E-state index in [0.717, 1.165) is 26.2 Å². The molecule has 2 N–H and O–H groups in total. The van der Waals surface area contributed by atoms with Crippen molar-refractivity contribution < 1.29 is 9.84 Å². The second-order valence-electron chi connectivity index (χ2n) is 2.78. The highest BCUT2D eigenvalue weighted by Crippen LogP contribution is 2.19. The van der Waals surface area contributed by atoms with Gasteiger partial charge < -0.3 is 15.2 Å². The summed E-state index contributed by atoms with van der Waals surface area (Å²) >= 11 is 0. The van der Waals surface area contributed by atoms with Crippen LogP contribution in [0, 0.1) is 0 Å². The molecule has 0 atom stereocenters. The molecule has 0 spiro atoms. The molecule has 0 aromatic heterocycles. The first-order valence-electron chi connectivity index (χ1n) is 3.76. The zero-order valence-electron chi connectivity index (χ0n) is 6.39. The van der Waals surface area contributed by atoms with Gasteiger partial charge in [-0.15, -0.1) is 0 Å². The van der Waals surface area contributed by atoms with E-state index in [-0.39, 0.29) is 12.1 Å². The Morgan fingerprint density at radius 3 is 2.60 bits per heavy atom. The second-order valence-corrected chi connectivity index (χ2v) is 2.78. The molecule has 0 amide bonds. The van der Waals surface area contributed by atoms with Crippen molar-refractivity contribution in [2.24, 2.45) is 0 Å². The second kappa shape index (κ2) is 3.32. The fourth-order valence-electron chi connectivity index (χ4n) is 1.27. The van der Waals surface area contributed by atoms with Gasteiger partial charge in [-0.3, -0.25) is 0 Å². The summed E-state index contributed by atoms with van der Waals surface area (Å²) in [7, 11) is 0. The molecule has 1 heterocycles. The molecule has 0 bridgehead atoms. The molecule has 1 aliphatic rings. The molecule has 1 fully saturated rings. The number of rotatable bonds is 4. The zero-order valence-corrected chi connectivity index (χ0v) is 6.39. The SMILES string of the molecule is CCNC1(CCO)COC1. The van der Waals surface area contributed by atoms with Crippen LogP contribution in [0.2, 0.25) is 0 Å². The molecule has 1 aliphatic heterocycles. The molecule has 0 aromatic carbocycles. The quantitative estimate of drug-likeness (QED) is 0.573. The lowest BCUT2D eigenvalue weighted by atomic mass is 9.93. The van der Waals surface area contributed by atoms with Crippen LogP contribution in [0.25, 0.3) is 0 Å². The van der Waals surface area contributed by atoms with Gasteiger partial charge in [-0.05, 0) is 13.0 Å². The van der Waals surface area contributed by atoms with Crippen molar-refractivity contribution in [2.45, 2.75) is 18.9 Å². The van der Waals surface area contributed by atoms with Gasteiger partial charge >= 0.3 is 0 Å². The van der Waals surface area contributed by atoms with Gasteiger partial charge in [-0.25, -0.2) is 0 Å². The maximum atomic E-state index is 8.70. The lowest BCUT2D eigenvalue weighted by Gasteiger charge is -2.41. The average molecular weight is 145 g/mol. The molecular formula is C7H15NO2. The Labute approximate surface area is 61.4 Å². The van der Waals surface area contributed by atoms with Crippen LogP contribution in [0.4, 0.5) is 0 Å². The molecule has 3 heteroatoms. The summed E-state index contributed by atoms with van der Waals surface area (Å²) in [4.78, 5) is 0. The lowest BCUT2D eigenvalue weighted by molar-refractivity contribution is -0.0828. The third kappa shape index (κ3) is 1.48. The van der Waals surface area contributed by atoms with Gasteiger partial charge in [0.2, 0.25) is 0 Å². The molecule has 0 saturated carbocycles. The van der Waals surface area contributed by atoms with Crippen molar-refractivity contribution in [3.8, 4) is 0 Å². The van der Waals surface area contributed by atoms with Crippen LogP contribution in [0.3, 0.4) is 0 Å². The van der Waals surface area contributed by atoms with Gasteiger partial charge in [0, 0.05) is 6.61 Å². The first-order chi connectivity index (χ1) is 4.83. The first-order valence-corrected chi connectivity index (χ1v) is 3.76. The van der Waals surface area contributed by atoms with Crippen LogP contribution in [0.1, 0.15) is 13.3 Å². The molecule has 0 aliphatic carbocycles. The Balaban J connectivity index is 2.27. The van der Waals surface area contributed by atoms with E-state index in [1.54, 1.807) is 0 Å². The van der Waals surface area contributed by atoms with E-state index in [2.05, 4.69) is 12.2 Å². The average Bonchev–Trinajstić information content (AvgIpc) is 1.84. The molecule has 0 radical (unpaired) electrons. The monoisotopic (exact) mass is 145 g/mol. The number of ether oxygens (including phenoxy) is 1. The minimum Gasteiger partial charge on any atom is -0.396 e. The van der Waals surface area contributed by atoms with Gasteiger partial charge in [0.1, 0.15) is 0 Å². The molecule has 0 aromatic rings. The third-order valence-corrected chi connectivity index (χ3v) is 1.90. The standard InChI is InChI=1S/C7H15NO2/c1-2-8-7(3-4-9)5-10-6-7/h8-9H,2-6H2,1H3. The minimum atomic E-state index is 0.101. The predicted molar refractivity (Wildman–Crippen MR) is 38.9 cm³/mol. The smallest absolute Gasteiger partial charge is 0.0675 e. The number of likely N-dealkylation sites (N-methyl/N-ethyl adjacent to an activating group) is 1. The van der Waals surface area contributed by atoms with Crippen molar-refractivity contribution >= 4 is 0 Å². The number of hydrogen-bond acceptors (Lipinski definition) is 3. The van der Waals surface area contributed by atoms with Crippen LogP contribution >= 0.6 is 0 Å². The van der Waals surface area contributed by atoms with E-state index >= 15 is 0 Å². The van der Waals surface area contributed by atoms with Gasteiger partial charge in [-0.1, -0.05) is 6.92 Å². The lowest BCUT2D eigenvalue weighted by Crippen LogP contribution is -2.60. The summed E-state index contributed by atoms with van der Waals surface area (Å²) in [6.07, 6.45) is 0.806. The highest BCUT2D eigenvalue weighted by molar-refractivity contribution is 4.93. The van der Waals surface area contributed by atoms with Crippen molar-refractivity contribution in [3.63, 3.8) is 0 Å². The fraction of sp³-hybridized carbons (Fsp3) is 1.00. The van der Waals surface area contributed by atoms with Crippen molar-refractivity contribution in [1.82, 2.24) is 5.32 Å². The summed E-state index contributed by atoms with van der Waals surface area (Å²) < 4.78 is 5.07. The molecular weight excluding hydrogens is 130 g/mol. The predicted octanol–water partition coefficient (Wildman–Crippen LogP) is -0.253. The number of aliphatic hydroxyl groups excluding tert-OH is 1. The maximum Gasteiger partial charge on any atom is 0.0675 e. The normalized spacial score (nSPS) is 22.2. The summed E-state index contributed by atoms with van der Waals surface area (Å²) in [5.74, 6) is 0. The zero-order chi connectivity index (χ0) is 7.45. The van der Waals surface area contributed by atoms with Gasteiger partial charge in [0.05, 0.1) is 18.8 Å². The molecule has 3 nitrogen and oxygen atoms in total. The molecule has 1 saturated heterocycles. The van der Waals surface area contributed by atoms with Crippen LogP contribution in [0.15, 0.2) is 0 Å². The summed E-state index contributed by atoms with van der Waals surface area (Å²) in [5.41, 5.74) is 0.101. The molecule has 10 heavy (non-hydrogen) atoms. The fourth-order valence-corrected chi connectivity index (χ4v) is 1.27. The number of nitrogens with one attached hydrogen (secondary N) is 1. The largest absolute Gasteiger partial charge is 0.396 e. The van der Waals surface area contributed by atoms with Gasteiger partial charge in [-0.2, -0.15) is 0 Å². The maximum absolute atomic E-state index is 8.70. The van der Waals surface area contributed by atoms with Crippen LogP contribution in [-0.2, 0) is 4.74 Å². The Hall–Kier alpha value is -0.120. The van der Waals surface area contributed by atoms with E-state index < -0.39 is 0 Å². The Bertz CT molecular complexity index is 93.8. The minimum absolute atomic E-state index is 0.101. The summed E-state index contributed by atoms with van der Waals surface area (Å²) in [6.45, 7) is 4.76. The first kappa shape index (κ1) is 7.98. The van der Waals surface area contributed by atoms with Gasteiger partial charge in [0.15, 0.2) is 0 Å². The highest BCUT2D eigenvalue weighted by Gasteiger charge is 2.36. The Morgan fingerprint density at radius 2 is 2.30 bits per heavy atom. The van der Waals surface area contributed by atoms with Crippen LogP contribution in [0.5, 0.6) is 0 Å². The van der Waals surface area contributed by atoms with Crippen LogP contribution in [-0.4, -0.2) is 37.0 Å². The van der Waals surface area contributed by atoms with E-state index in [1.165, 1.54) is 0 Å². The van der Waals surface area contributed by atoms with Crippen molar-refractivity contribution in [3.05, 3.63) is 0 Å². The Morgan fingerprint density at radius 1 is 1.60 bits per heavy atom. The van der Waals surface area contributed by atoms with Crippen molar-refractivity contribution in [2.75, 3.05) is 26.4 Å². The summed E-state index contributed by atoms with van der Waals surface area (Å²) in [6, 6.07) is 0. The third-order valence-electron chi connectivity index (χ3n) is 1.90. The van der Waals surface area contributed by atoms with E-state index in [1.807, 2.05) is 0 Å². The molecule has 60 valence electrons. The molecule has 1 rings (SSSR count).